The van der Waals surface area contributed by atoms with E-state index in [0.29, 0.717) is 17.7 Å². The Labute approximate surface area is 204 Å². The minimum absolute atomic E-state index is 0.312. The topological polar surface area (TPSA) is 68.3 Å². The highest BCUT2D eigenvalue weighted by Crippen LogP contribution is 2.23. The average molecular weight is 473 g/mol. The smallest absolute Gasteiger partial charge is 0.332 e. The van der Waals surface area contributed by atoms with Gasteiger partial charge in [0, 0.05) is 46.8 Å². The number of imidazole rings is 1. The van der Waals surface area contributed by atoms with Gasteiger partial charge in [0.25, 0.3) is 5.56 Å². The molecule has 8 nitrogen and oxygen atoms in total. The number of rotatable bonds is 5. The Hall–Kier alpha value is -3.65. The maximum atomic E-state index is 13.2. The number of fused-ring (bicyclic) bond motifs is 1. The SMILES string of the molecule is Cc1cccc(CN2CCN(c3nc4c(c(=O)n(C)c(=O)n4C)n3Cc3cccc(C)c3)CC2)c1. The fourth-order valence-corrected chi connectivity index (χ4v) is 4.99. The van der Waals surface area contributed by atoms with Crippen molar-refractivity contribution in [2.75, 3.05) is 31.1 Å². The van der Waals surface area contributed by atoms with E-state index in [1.807, 2.05) is 10.6 Å². The van der Waals surface area contributed by atoms with Crippen LogP contribution in [0.15, 0.2) is 58.1 Å². The van der Waals surface area contributed by atoms with Crippen LogP contribution >= 0.6 is 0 Å². The molecule has 0 bridgehead atoms. The first-order chi connectivity index (χ1) is 16.8. The van der Waals surface area contributed by atoms with Crippen molar-refractivity contribution in [3.63, 3.8) is 0 Å². The Balaban J connectivity index is 1.50. The molecule has 2 aromatic carbocycles. The van der Waals surface area contributed by atoms with E-state index in [-0.39, 0.29) is 11.2 Å². The number of anilines is 1. The van der Waals surface area contributed by atoms with Gasteiger partial charge in [-0.1, -0.05) is 59.7 Å². The molecule has 3 heterocycles. The van der Waals surface area contributed by atoms with Crippen molar-refractivity contribution >= 4 is 17.1 Å². The van der Waals surface area contributed by atoms with Crippen LogP contribution in [-0.2, 0) is 27.2 Å². The quantitative estimate of drug-likeness (QED) is 0.446. The van der Waals surface area contributed by atoms with Gasteiger partial charge in [-0.2, -0.15) is 4.98 Å². The number of piperazine rings is 1. The van der Waals surface area contributed by atoms with E-state index in [1.54, 1.807) is 7.05 Å². The molecule has 1 aliphatic rings. The number of aryl methyl sites for hydroxylation is 3. The molecule has 1 saturated heterocycles. The molecule has 0 N–H and O–H groups in total. The Morgan fingerprint density at radius 1 is 0.800 bits per heavy atom. The van der Waals surface area contributed by atoms with Gasteiger partial charge in [-0.25, -0.2) is 4.79 Å². The molecule has 0 unspecified atom stereocenters. The number of nitrogens with zero attached hydrogens (tertiary/aromatic N) is 6. The van der Waals surface area contributed by atoms with Crippen molar-refractivity contribution < 1.29 is 0 Å². The Morgan fingerprint density at radius 3 is 2.00 bits per heavy atom. The first kappa shape index (κ1) is 23.1. The molecule has 1 aliphatic heterocycles. The summed E-state index contributed by atoms with van der Waals surface area (Å²) in [7, 11) is 3.20. The van der Waals surface area contributed by atoms with Gasteiger partial charge in [0.15, 0.2) is 11.2 Å². The summed E-state index contributed by atoms with van der Waals surface area (Å²) in [6.45, 7) is 9.03. The first-order valence-electron chi connectivity index (χ1n) is 12.1. The highest BCUT2D eigenvalue weighted by molar-refractivity contribution is 5.75. The maximum absolute atomic E-state index is 13.2. The van der Waals surface area contributed by atoms with Crippen LogP contribution in [0.3, 0.4) is 0 Å². The van der Waals surface area contributed by atoms with E-state index >= 15 is 0 Å². The predicted octanol–water partition coefficient (Wildman–Crippen LogP) is 2.42. The fourth-order valence-electron chi connectivity index (χ4n) is 4.99. The van der Waals surface area contributed by atoms with E-state index in [1.165, 1.54) is 32.9 Å². The number of hydrogen-bond donors (Lipinski definition) is 0. The molecule has 0 atom stereocenters. The molecular formula is C27H32N6O2. The summed E-state index contributed by atoms with van der Waals surface area (Å²) < 4.78 is 4.63. The lowest BCUT2D eigenvalue weighted by Crippen LogP contribution is -2.47. The zero-order valence-electron chi connectivity index (χ0n) is 20.9. The van der Waals surface area contributed by atoms with Crippen molar-refractivity contribution in [2.24, 2.45) is 14.1 Å². The summed E-state index contributed by atoms with van der Waals surface area (Å²) in [5.41, 5.74) is 5.08. The van der Waals surface area contributed by atoms with Crippen molar-refractivity contribution in [3.8, 4) is 0 Å². The highest BCUT2D eigenvalue weighted by atomic mass is 16.2. The maximum Gasteiger partial charge on any atom is 0.332 e. The molecule has 8 heteroatoms. The van der Waals surface area contributed by atoms with Crippen molar-refractivity contribution in [1.82, 2.24) is 23.6 Å². The van der Waals surface area contributed by atoms with Crippen molar-refractivity contribution in [2.45, 2.75) is 26.9 Å². The van der Waals surface area contributed by atoms with Crippen molar-refractivity contribution in [3.05, 3.63) is 91.6 Å². The lowest BCUT2D eigenvalue weighted by molar-refractivity contribution is 0.248. The number of benzene rings is 2. The van der Waals surface area contributed by atoms with E-state index in [2.05, 4.69) is 66.1 Å². The molecular weight excluding hydrogens is 440 g/mol. The van der Waals surface area contributed by atoms with Crippen LogP contribution in [0, 0.1) is 13.8 Å². The molecule has 2 aromatic heterocycles. The Morgan fingerprint density at radius 2 is 1.40 bits per heavy atom. The van der Waals surface area contributed by atoms with Crippen LogP contribution < -0.4 is 16.1 Å². The molecule has 0 aliphatic carbocycles. The summed E-state index contributed by atoms with van der Waals surface area (Å²) in [4.78, 5) is 35.4. The zero-order valence-corrected chi connectivity index (χ0v) is 20.9. The lowest BCUT2D eigenvalue weighted by atomic mass is 10.1. The molecule has 5 rings (SSSR count). The second kappa shape index (κ2) is 9.19. The van der Waals surface area contributed by atoms with Gasteiger partial charge in [-0.15, -0.1) is 0 Å². The van der Waals surface area contributed by atoms with Gasteiger partial charge in [-0.3, -0.25) is 23.4 Å². The van der Waals surface area contributed by atoms with Gasteiger partial charge >= 0.3 is 5.69 Å². The predicted molar refractivity (Wildman–Crippen MR) is 139 cm³/mol. The molecule has 35 heavy (non-hydrogen) atoms. The molecule has 0 amide bonds. The Bertz CT molecular complexity index is 1500. The van der Waals surface area contributed by atoms with Crippen LogP contribution in [0.4, 0.5) is 5.95 Å². The highest BCUT2D eigenvalue weighted by Gasteiger charge is 2.26. The lowest BCUT2D eigenvalue weighted by Gasteiger charge is -2.35. The second-order valence-corrected chi connectivity index (χ2v) is 9.62. The third-order valence-corrected chi connectivity index (χ3v) is 6.89. The van der Waals surface area contributed by atoms with E-state index < -0.39 is 0 Å². The van der Waals surface area contributed by atoms with E-state index in [4.69, 9.17) is 4.98 Å². The van der Waals surface area contributed by atoms with Crippen LogP contribution in [0.1, 0.15) is 22.3 Å². The van der Waals surface area contributed by atoms with Gasteiger partial charge in [0.1, 0.15) is 0 Å². The third kappa shape index (κ3) is 4.41. The molecule has 0 radical (unpaired) electrons. The monoisotopic (exact) mass is 472 g/mol. The minimum atomic E-state index is -0.364. The van der Waals surface area contributed by atoms with Crippen molar-refractivity contribution in [1.29, 1.82) is 0 Å². The molecule has 4 aromatic rings. The standard InChI is InChI=1S/C27H32N6O2/c1-19-7-5-9-21(15-19)17-31-11-13-32(14-12-31)26-28-24-23(25(34)30(4)27(35)29(24)3)33(26)18-22-10-6-8-20(2)16-22/h5-10,15-16H,11-14,17-18H2,1-4H3. The van der Waals surface area contributed by atoms with E-state index in [9.17, 15) is 9.59 Å². The normalized spacial score (nSPS) is 14.7. The zero-order chi connectivity index (χ0) is 24.7. The molecule has 182 valence electrons. The summed E-state index contributed by atoms with van der Waals surface area (Å²) in [6.07, 6.45) is 0. The molecule has 0 spiro atoms. The fraction of sp³-hybridized carbons (Fsp3) is 0.370. The van der Waals surface area contributed by atoms with Gasteiger partial charge < -0.3 is 4.90 Å². The summed E-state index contributed by atoms with van der Waals surface area (Å²) >= 11 is 0. The average Bonchev–Trinajstić information content (AvgIpc) is 3.21. The number of aromatic nitrogens is 4. The van der Waals surface area contributed by atoms with Crippen LogP contribution in [0.5, 0.6) is 0 Å². The Kier molecular flexibility index (Phi) is 6.06. The summed E-state index contributed by atoms with van der Waals surface area (Å²) in [5.74, 6) is 0.745. The summed E-state index contributed by atoms with van der Waals surface area (Å²) in [6, 6.07) is 16.9. The van der Waals surface area contributed by atoms with Crippen LogP contribution in [-0.4, -0.2) is 49.8 Å². The third-order valence-electron chi connectivity index (χ3n) is 6.89. The molecule has 0 saturated carbocycles. The van der Waals surface area contributed by atoms with Gasteiger partial charge in [0.2, 0.25) is 5.95 Å². The minimum Gasteiger partial charge on any atom is -0.340 e. The first-order valence-corrected chi connectivity index (χ1v) is 12.1. The van der Waals surface area contributed by atoms with Crippen LogP contribution in [0.2, 0.25) is 0 Å². The second-order valence-electron chi connectivity index (χ2n) is 9.62. The number of hydrogen-bond acceptors (Lipinski definition) is 5. The largest absolute Gasteiger partial charge is 0.340 e. The molecule has 1 fully saturated rings. The van der Waals surface area contributed by atoms with E-state index in [0.717, 1.165) is 44.2 Å². The van der Waals surface area contributed by atoms with Gasteiger partial charge in [0.05, 0.1) is 6.54 Å². The van der Waals surface area contributed by atoms with Crippen LogP contribution in [0.25, 0.3) is 11.2 Å². The van der Waals surface area contributed by atoms with Gasteiger partial charge in [-0.05, 0) is 25.0 Å². The summed E-state index contributed by atoms with van der Waals surface area (Å²) in [5, 5.41) is 0.